The number of ether oxygens (including phenoxy) is 1. The number of nitrogens with one attached hydrogen (secondary N) is 2. The Labute approximate surface area is 168 Å². The van der Waals surface area contributed by atoms with Gasteiger partial charge in [0.1, 0.15) is 0 Å². The van der Waals surface area contributed by atoms with E-state index in [1.54, 1.807) is 7.05 Å². The van der Waals surface area contributed by atoms with Crippen molar-refractivity contribution in [2.45, 2.75) is 52.0 Å². The summed E-state index contributed by atoms with van der Waals surface area (Å²) in [5, 5.41) is 6.64. The second-order valence-corrected chi connectivity index (χ2v) is 5.67. The van der Waals surface area contributed by atoms with Gasteiger partial charge in [-0.3, -0.25) is 9.79 Å². The number of carbonyl (C=O) groups is 1. The predicted molar refractivity (Wildman–Crippen MR) is 114 cm³/mol. The van der Waals surface area contributed by atoms with E-state index in [0.29, 0.717) is 13.0 Å². The fraction of sp³-hybridized carbons (Fsp3) is 0.667. The zero-order valence-corrected chi connectivity index (χ0v) is 17.8. The second-order valence-electron chi connectivity index (χ2n) is 5.67. The maximum absolute atomic E-state index is 11.2. The van der Waals surface area contributed by atoms with E-state index in [9.17, 15) is 4.79 Å². The Morgan fingerprint density at radius 1 is 1.04 bits per heavy atom. The molecule has 1 rings (SSSR count). The smallest absolute Gasteiger partial charge is 0.305 e. The monoisotopic (exact) mass is 464 g/mol. The molecule has 0 atom stereocenters. The maximum atomic E-state index is 11.2. The molecular weight excluding hydrogens is 431 g/mol. The normalized spacial score (nSPS) is 10.9. The quantitative estimate of drug-likeness (QED) is 0.164. The van der Waals surface area contributed by atoms with Gasteiger partial charge in [-0.25, -0.2) is 0 Å². The summed E-state index contributed by atoms with van der Waals surface area (Å²) >= 11 is 0. The van der Waals surface area contributed by atoms with Gasteiger partial charge in [0, 0.05) is 45.5 Å². The summed E-state index contributed by atoms with van der Waals surface area (Å²) in [7, 11) is 1.79. The van der Waals surface area contributed by atoms with E-state index < -0.39 is 0 Å². The summed E-state index contributed by atoms with van der Waals surface area (Å²) < 4.78 is 7.05. The van der Waals surface area contributed by atoms with Crippen LogP contribution < -0.4 is 10.6 Å². The van der Waals surface area contributed by atoms with Gasteiger partial charge in [-0.05, 0) is 31.9 Å². The molecule has 0 saturated heterocycles. The van der Waals surface area contributed by atoms with Gasteiger partial charge < -0.3 is 19.9 Å². The van der Waals surface area contributed by atoms with Crippen LogP contribution in [0.3, 0.4) is 0 Å². The number of aliphatic imine (C=N–C) groups is 1. The summed E-state index contributed by atoms with van der Waals surface area (Å²) in [6, 6.07) is 4.06. The lowest BCUT2D eigenvalue weighted by atomic mass is 10.1. The Morgan fingerprint density at radius 3 is 2.36 bits per heavy atom. The van der Waals surface area contributed by atoms with E-state index in [2.05, 4.69) is 32.6 Å². The zero-order valence-electron chi connectivity index (χ0n) is 15.5. The average Bonchev–Trinajstić information content (AvgIpc) is 3.09. The fourth-order valence-corrected chi connectivity index (χ4v) is 2.41. The van der Waals surface area contributed by atoms with Crippen LogP contribution in [-0.2, 0) is 16.1 Å². The summed E-state index contributed by atoms with van der Waals surface area (Å²) in [6.45, 7) is 5.01. The maximum Gasteiger partial charge on any atom is 0.305 e. The van der Waals surface area contributed by atoms with Crippen molar-refractivity contribution in [3.63, 3.8) is 0 Å². The molecule has 0 radical (unpaired) electrons. The van der Waals surface area contributed by atoms with Crippen molar-refractivity contribution < 1.29 is 9.53 Å². The molecule has 6 nitrogen and oxygen atoms in total. The van der Waals surface area contributed by atoms with Gasteiger partial charge in [0.15, 0.2) is 5.96 Å². The molecule has 0 spiro atoms. The third kappa shape index (κ3) is 12.7. The highest BCUT2D eigenvalue weighted by atomic mass is 127. The zero-order chi connectivity index (χ0) is 17.5. The van der Waals surface area contributed by atoms with Crippen LogP contribution in [0.5, 0.6) is 0 Å². The van der Waals surface area contributed by atoms with Crippen LogP contribution in [0.1, 0.15) is 45.4 Å². The van der Waals surface area contributed by atoms with E-state index in [-0.39, 0.29) is 29.9 Å². The molecule has 0 aliphatic rings. The number of rotatable bonds is 12. The number of hydrogen-bond donors (Lipinski definition) is 2. The number of carbonyl (C=O) groups excluding carboxylic acids is 1. The van der Waals surface area contributed by atoms with E-state index in [1.165, 1.54) is 0 Å². The number of aromatic nitrogens is 1. The summed E-state index contributed by atoms with van der Waals surface area (Å²) in [5.74, 6) is 0.776. The molecule has 1 heterocycles. The first-order valence-electron chi connectivity index (χ1n) is 8.97. The first-order valence-corrected chi connectivity index (χ1v) is 8.97. The lowest BCUT2D eigenvalue weighted by Crippen LogP contribution is -2.39. The summed E-state index contributed by atoms with van der Waals surface area (Å²) in [5.41, 5.74) is 0. The molecule has 0 unspecified atom stereocenters. The van der Waals surface area contributed by atoms with Crippen molar-refractivity contribution in [2.24, 2.45) is 4.99 Å². The van der Waals surface area contributed by atoms with Crippen molar-refractivity contribution in [1.82, 2.24) is 15.2 Å². The van der Waals surface area contributed by atoms with Gasteiger partial charge in [-0.1, -0.05) is 19.3 Å². The average molecular weight is 464 g/mol. The first-order chi connectivity index (χ1) is 11.8. The molecule has 7 heteroatoms. The molecule has 0 bridgehead atoms. The van der Waals surface area contributed by atoms with Crippen molar-refractivity contribution in [3.05, 3.63) is 24.5 Å². The molecule has 0 aliphatic carbocycles. The van der Waals surface area contributed by atoms with Crippen molar-refractivity contribution in [2.75, 3.05) is 26.7 Å². The molecular formula is C18H33IN4O2. The number of nitrogens with zero attached hydrogens (tertiary/aromatic N) is 2. The Kier molecular flexibility index (Phi) is 15.4. The lowest BCUT2D eigenvalue weighted by Gasteiger charge is -2.12. The Bertz CT molecular complexity index is 464. The molecule has 2 N–H and O–H groups in total. The van der Waals surface area contributed by atoms with Gasteiger partial charge in [0.05, 0.1) is 6.61 Å². The minimum atomic E-state index is -0.0750. The third-order valence-electron chi connectivity index (χ3n) is 3.71. The van der Waals surface area contributed by atoms with Crippen molar-refractivity contribution >= 4 is 35.9 Å². The lowest BCUT2D eigenvalue weighted by molar-refractivity contribution is -0.143. The van der Waals surface area contributed by atoms with Crippen LogP contribution in [0.4, 0.5) is 0 Å². The highest BCUT2D eigenvalue weighted by molar-refractivity contribution is 14.0. The minimum Gasteiger partial charge on any atom is -0.466 e. The number of guanidine groups is 1. The Balaban J connectivity index is 0.00000576. The Hall–Kier alpha value is -1.25. The van der Waals surface area contributed by atoms with E-state index in [1.807, 2.05) is 19.1 Å². The van der Waals surface area contributed by atoms with Crippen LogP contribution >= 0.6 is 24.0 Å². The van der Waals surface area contributed by atoms with Crippen LogP contribution in [0.15, 0.2) is 29.5 Å². The third-order valence-corrected chi connectivity index (χ3v) is 3.71. The van der Waals surface area contributed by atoms with Gasteiger partial charge in [-0.2, -0.15) is 0 Å². The van der Waals surface area contributed by atoms with Crippen molar-refractivity contribution in [1.29, 1.82) is 0 Å². The topological polar surface area (TPSA) is 67.7 Å². The molecule has 0 amide bonds. The van der Waals surface area contributed by atoms with Crippen LogP contribution in [0.2, 0.25) is 0 Å². The molecule has 0 aromatic carbocycles. The van der Waals surface area contributed by atoms with E-state index in [0.717, 1.165) is 57.7 Å². The fourth-order valence-electron chi connectivity index (χ4n) is 2.41. The Morgan fingerprint density at radius 2 is 1.68 bits per heavy atom. The highest BCUT2D eigenvalue weighted by Crippen LogP contribution is 2.05. The molecule has 1 aromatic heterocycles. The van der Waals surface area contributed by atoms with Crippen LogP contribution in [0, 0.1) is 0 Å². The molecule has 144 valence electrons. The standard InChI is InChI=1S/C18H32N4O2.HI/c1-3-24-17(23)11-7-5-4-6-8-12-20-18(19-2)21-13-16-22-14-9-10-15-22;/h9-10,14-15H,3-8,11-13,16H2,1-2H3,(H2,19,20,21);1H. The summed E-state index contributed by atoms with van der Waals surface area (Å²) in [6.07, 6.45) is 10.1. The van der Waals surface area contributed by atoms with Crippen molar-refractivity contribution in [3.8, 4) is 0 Å². The second kappa shape index (κ2) is 16.2. The minimum absolute atomic E-state index is 0. The van der Waals surface area contributed by atoms with Crippen LogP contribution in [0.25, 0.3) is 0 Å². The van der Waals surface area contributed by atoms with Gasteiger partial charge in [0.2, 0.25) is 0 Å². The number of hydrogen-bond acceptors (Lipinski definition) is 3. The van der Waals surface area contributed by atoms with E-state index in [4.69, 9.17) is 4.74 Å². The number of halogens is 1. The predicted octanol–water partition coefficient (Wildman–Crippen LogP) is 3.17. The molecule has 25 heavy (non-hydrogen) atoms. The number of esters is 1. The molecule has 0 saturated carbocycles. The first kappa shape index (κ1) is 23.8. The molecule has 0 fully saturated rings. The van der Waals surface area contributed by atoms with E-state index >= 15 is 0 Å². The largest absolute Gasteiger partial charge is 0.466 e. The van der Waals surface area contributed by atoms with Gasteiger partial charge in [0.25, 0.3) is 0 Å². The number of unbranched alkanes of at least 4 members (excludes halogenated alkanes) is 4. The van der Waals surface area contributed by atoms with Gasteiger partial charge >= 0.3 is 5.97 Å². The van der Waals surface area contributed by atoms with Gasteiger partial charge in [-0.15, -0.1) is 24.0 Å². The molecule has 1 aromatic rings. The molecule has 0 aliphatic heterocycles. The SMILES string of the molecule is CCOC(=O)CCCCCCCNC(=NC)NCCn1cccc1.I. The van der Waals surface area contributed by atoms with Crippen LogP contribution in [-0.4, -0.2) is 43.2 Å². The highest BCUT2D eigenvalue weighted by Gasteiger charge is 2.01. The summed E-state index contributed by atoms with van der Waals surface area (Å²) in [4.78, 5) is 15.4.